The predicted molar refractivity (Wildman–Crippen MR) is 64.1 cm³/mol. The zero-order valence-corrected chi connectivity index (χ0v) is 9.69. The summed E-state index contributed by atoms with van der Waals surface area (Å²) < 4.78 is 5.50. The number of aromatic carboxylic acids is 1. The van der Waals surface area contributed by atoms with Gasteiger partial charge in [-0.2, -0.15) is 0 Å². The molecule has 0 aromatic heterocycles. The summed E-state index contributed by atoms with van der Waals surface area (Å²) in [5.74, 6) is -0.885. The van der Waals surface area contributed by atoms with Crippen molar-refractivity contribution in [1.29, 1.82) is 0 Å². The lowest BCUT2D eigenvalue weighted by molar-refractivity contribution is 0.0697. The van der Waals surface area contributed by atoms with Gasteiger partial charge in [0.15, 0.2) is 0 Å². The molecule has 92 valence electrons. The minimum absolute atomic E-state index is 0.327. The Kier molecular flexibility index (Phi) is 4.12. The highest BCUT2D eigenvalue weighted by molar-refractivity contribution is 5.87. The number of carbonyl (C=O) groups is 1. The number of nitrogens with one attached hydrogen (secondary N) is 1. The number of hydrogen-bond acceptors (Lipinski definition) is 3. The maximum absolute atomic E-state index is 10.7. The van der Waals surface area contributed by atoms with Crippen molar-refractivity contribution in [2.75, 3.05) is 13.2 Å². The van der Waals surface area contributed by atoms with Gasteiger partial charge in [-0.25, -0.2) is 4.79 Å². The summed E-state index contributed by atoms with van der Waals surface area (Å²) in [6, 6.07) is 6.94. The highest BCUT2D eigenvalue weighted by Gasteiger charge is 2.14. The average molecular weight is 235 g/mol. The van der Waals surface area contributed by atoms with E-state index in [-0.39, 0.29) is 0 Å². The van der Waals surface area contributed by atoms with E-state index in [1.54, 1.807) is 12.1 Å². The molecule has 4 nitrogen and oxygen atoms in total. The van der Waals surface area contributed by atoms with E-state index in [1.165, 1.54) is 0 Å². The van der Waals surface area contributed by atoms with Crippen LogP contribution < -0.4 is 5.32 Å². The quantitative estimate of drug-likeness (QED) is 0.814. The molecule has 0 spiro atoms. The molecule has 0 bridgehead atoms. The Morgan fingerprint density at radius 2 is 2.18 bits per heavy atom. The van der Waals surface area contributed by atoms with Crippen LogP contribution >= 0.6 is 0 Å². The van der Waals surface area contributed by atoms with Crippen LogP contribution in [0.25, 0.3) is 0 Å². The van der Waals surface area contributed by atoms with E-state index in [9.17, 15) is 4.79 Å². The number of carboxylic acids is 1. The highest BCUT2D eigenvalue weighted by Crippen LogP contribution is 2.11. The summed E-state index contributed by atoms with van der Waals surface area (Å²) in [7, 11) is 0. The number of carboxylic acid groups (broad SMARTS) is 1. The molecule has 4 heteroatoms. The van der Waals surface area contributed by atoms with Crippen LogP contribution in [0.5, 0.6) is 0 Å². The molecule has 0 unspecified atom stereocenters. The van der Waals surface area contributed by atoms with Gasteiger partial charge in [-0.1, -0.05) is 12.1 Å². The van der Waals surface area contributed by atoms with E-state index in [1.807, 2.05) is 12.1 Å². The van der Waals surface area contributed by atoms with Gasteiger partial charge in [0.1, 0.15) is 0 Å². The number of ether oxygens (including phenoxy) is 1. The second kappa shape index (κ2) is 5.80. The van der Waals surface area contributed by atoms with Crippen molar-refractivity contribution in [3.63, 3.8) is 0 Å². The van der Waals surface area contributed by atoms with Crippen LogP contribution in [0.2, 0.25) is 0 Å². The summed E-state index contributed by atoms with van der Waals surface area (Å²) in [5, 5.41) is 12.1. The Bertz CT molecular complexity index is 369. The molecule has 1 saturated heterocycles. The molecule has 0 radical (unpaired) electrons. The average Bonchev–Trinajstić information content (AvgIpc) is 2.83. The Hall–Kier alpha value is -1.39. The van der Waals surface area contributed by atoms with Crippen LogP contribution in [0, 0.1) is 0 Å². The molecule has 1 aliphatic rings. The number of benzene rings is 1. The zero-order valence-electron chi connectivity index (χ0n) is 9.69. The van der Waals surface area contributed by atoms with Crippen LogP contribution in [0.4, 0.5) is 0 Å². The molecule has 0 aliphatic carbocycles. The Labute approximate surface area is 101 Å². The smallest absolute Gasteiger partial charge is 0.335 e. The lowest BCUT2D eigenvalue weighted by Crippen LogP contribution is -2.25. The van der Waals surface area contributed by atoms with E-state index >= 15 is 0 Å². The third-order valence-corrected chi connectivity index (χ3v) is 2.93. The van der Waals surface area contributed by atoms with Crippen molar-refractivity contribution in [1.82, 2.24) is 5.32 Å². The maximum atomic E-state index is 10.7. The van der Waals surface area contributed by atoms with Gasteiger partial charge in [-0.3, -0.25) is 0 Å². The van der Waals surface area contributed by atoms with Gasteiger partial charge in [0.25, 0.3) is 0 Å². The highest BCUT2D eigenvalue weighted by atomic mass is 16.5. The molecule has 2 N–H and O–H groups in total. The van der Waals surface area contributed by atoms with Crippen molar-refractivity contribution < 1.29 is 14.6 Å². The van der Waals surface area contributed by atoms with Crippen LogP contribution in [-0.4, -0.2) is 30.3 Å². The topological polar surface area (TPSA) is 58.6 Å². The molecule has 1 fully saturated rings. The van der Waals surface area contributed by atoms with Crippen LogP contribution in [0.1, 0.15) is 28.8 Å². The van der Waals surface area contributed by atoms with Gasteiger partial charge in [-0.15, -0.1) is 0 Å². The first kappa shape index (κ1) is 12.1. The Morgan fingerprint density at radius 1 is 1.41 bits per heavy atom. The fourth-order valence-corrected chi connectivity index (χ4v) is 1.95. The van der Waals surface area contributed by atoms with E-state index in [4.69, 9.17) is 9.84 Å². The van der Waals surface area contributed by atoms with Crippen LogP contribution in [0.3, 0.4) is 0 Å². The van der Waals surface area contributed by atoms with E-state index in [0.717, 1.165) is 38.1 Å². The molecule has 1 atom stereocenters. The SMILES string of the molecule is O=C(O)c1ccc(CNC[C@@H]2CCCO2)cc1. The van der Waals surface area contributed by atoms with E-state index < -0.39 is 5.97 Å². The predicted octanol–water partition coefficient (Wildman–Crippen LogP) is 1.65. The first-order valence-corrected chi connectivity index (χ1v) is 5.90. The van der Waals surface area contributed by atoms with Crippen LogP contribution in [0.15, 0.2) is 24.3 Å². The van der Waals surface area contributed by atoms with E-state index in [2.05, 4.69) is 5.32 Å². The van der Waals surface area contributed by atoms with Gasteiger partial charge in [0, 0.05) is 19.7 Å². The Balaban J connectivity index is 1.76. The van der Waals surface area contributed by atoms with Crippen molar-refractivity contribution in [2.45, 2.75) is 25.5 Å². The summed E-state index contributed by atoms with van der Waals surface area (Å²) in [6.45, 7) is 2.49. The molecular weight excluding hydrogens is 218 g/mol. The fraction of sp³-hybridized carbons (Fsp3) is 0.462. The van der Waals surface area contributed by atoms with Gasteiger partial charge in [0.2, 0.25) is 0 Å². The van der Waals surface area contributed by atoms with E-state index in [0.29, 0.717) is 11.7 Å². The molecule has 1 aromatic rings. The zero-order chi connectivity index (χ0) is 12.1. The lowest BCUT2D eigenvalue weighted by atomic mass is 10.1. The molecule has 17 heavy (non-hydrogen) atoms. The summed E-state index contributed by atoms with van der Waals surface area (Å²) in [4.78, 5) is 10.7. The van der Waals surface area contributed by atoms with Crippen molar-refractivity contribution in [2.24, 2.45) is 0 Å². The second-order valence-electron chi connectivity index (χ2n) is 4.27. The Morgan fingerprint density at radius 3 is 2.76 bits per heavy atom. The number of rotatable bonds is 5. The lowest BCUT2D eigenvalue weighted by Gasteiger charge is -2.10. The molecule has 0 saturated carbocycles. The number of hydrogen-bond donors (Lipinski definition) is 2. The summed E-state index contributed by atoms with van der Waals surface area (Å²) in [5.41, 5.74) is 1.42. The van der Waals surface area contributed by atoms with Crippen LogP contribution in [-0.2, 0) is 11.3 Å². The standard InChI is InChI=1S/C13H17NO3/c15-13(16)11-5-3-10(4-6-11)8-14-9-12-2-1-7-17-12/h3-6,12,14H,1-2,7-9H2,(H,15,16)/t12-/m0/s1. The first-order chi connectivity index (χ1) is 8.25. The molecule has 1 heterocycles. The van der Waals surface area contributed by atoms with Gasteiger partial charge < -0.3 is 15.2 Å². The molecule has 2 rings (SSSR count). The normalized spacial score (nSPS) is 19.4. The molecule has 1 aliphatic heterocycles. The summed E-state index contributed by atoms with van der Waals surface area (Å²) >= 11 is 0. The monoisotopic (exact) mass is 235 g/mol. The van der Waals surface area contributed by atoms with Crippen molar-refractivity contribution >= 4 is 5.97 Å². The fourth-order valence-electron chi connectivity index (χ4n) is 1.95. The van der Waals surface area contributed by atoms with Crippen molar-refractivity contribution in [3.05, 3.63) is 35.4 Å². The molecule has 0 amide bonds. The third kappa shape index (κ3) is 3.54. The third-order valence-electron chi connectivity index (χ3n) is 2.93. The minimum atomic E-state index is -0.885. The van der Waals surface area contributed by atoms with Gasteiger partial charge in [-0.05, 0) is 30.5 Å². The van der Waals surface area contributed by atoms with Crippen molar-refractivity contribution in [3.8, 4) is 0 Å². The molecule has 1 aromatic carbocycles. The minimum Gasteiger partial charge on any atom is -0.478 e. The summed E-state index contributed by atoms with van der Waals surface area (Å²) in [6.07, 6.45) is 2.62. The largest absolute Gasteiger partial charge is 0.478 e. The van der Waals surface area contributed by atoms with Gasteiger partial charge >= 0.3 is 5.97 Å². The first-order valence-electron chi connectivity index (χ1n) is 5.90. The molecular formula is C13H17NO3. The second-order valence-corrected chi connectivity index (χ2v) is 4.27. The van der Waals surface area contributed by atoms with Gasteiger partial charge in [0.05, 0.1) is 11.7 Å². The maximum Gasteiger partial charge on any atom is 0.335 e.